The topological polar surface area (TPSA) is 69.4 Å². The summed E-state index contributed by atoms with van der Waals surface area (Å²) in [4.78, 5) is 23.0. The van der Waals surface area contributed by atoms with Crippen LogP contribution in [-0.2, 0) is 9.53 Å². The lowest BCUT2D eigenvalue weighted by atomic mass is 9.80. The van der Waals surface area contributed by atoms with Crippen molar-refractivity contribution in [3.05, 3.63) is 75.8 Å². The Morgan fingerprint density at radius 3 is 1.88 bits per heavy atom. The number of ketones is 1. The third-order valence-electron chi connectivity index (χ3n) is 4.66. The molecule has 5 heteroatoms. The third-order valence-corrected chi connectivity index (χ3v) is 4.66. The highest BCUT2D eigenvalue weighted by Gasteiger charge is 2.41. The van der Waals surface area contributed by atoms with Gasteiger partial charge in [-0.05, 0) is 23.3 Å². The summed E-state index contributed by atoms with van der Waals surface area (Å²) in [5.41, 5.74) is 1.79. The van der Waals surface area contributed by atoms with E-state index >= 15 is 0 Å². The van der Waals surface area contributed by atoms with Crippen molar-refractivity contribution in [3.8, 4) is 0 Å². The molecule has 0 spiro atoms. The van der Waals surface area contributed by atoms with Gasteiger partial charge in [-0.3, -0.25) is 14.9 Å². The van der Waals surface area contributed by atoms with Gasteiger partial charge in [0.05, 0.1) is 17.1 Å². The quantitative estimate of drug-likeness (QED) is 0.625. The molecule has 4 unspecified atom stereocenters. The fourth-order valence-electron chi connectivity index (χ4n) is 3.27. The van der Waals surface area contributed by atoms with Crippen molar-refractivity contribution >= 4 is 11.5 Å². The van der Waals surface area contributed by atoms with Gasteiger partial charge in [-0.2, -0.15) is 0 Å². The number of hydrogen-bond acceptors (Lipinski definition) is 4. The molecule has 24 heavy (non-hydrogen) atoms. The molecule has 1 aliphatic heterocycles. The summed E-state index contributed by atoms with van der Waals surface area (Å²) in [6.45, 7) is 3.74. The van der Waals surface area contributed by atoms with Crippen LogP contribution in [0.1, 0.15) is 37.2 Å². The molecule has 0 radical (unpaired) electrons. The smallest absolute Gasteiger partial charge is 0.269 e. The van der Waals surface area contributed by atoms with Gasteiger partial charge in [-0.25, -0.2) is 0 Å². The van der Waals surface area contributed by atoms with Crippen LogP contribution in [0.3, 0.4) is 0 Å². The van der Waals surface area contributed by atoms with Crippen molar-refractivity contribution in [2.75, 3.05) is 0 Å². The summed E-state index contributed by atoms with van der Waals surface area (Å²) in [5, 5.41) is 10.8. The fraction of sp³-hybridized carbons (Fsp3) is 0.316. The van der Waals surface area contributed by atoms with E-state index in [1.54, 1.807) is 12.1 Å². The van der Waals surface area contributed by atoms with Crippen molar-refractivity contribution in [2.45, 2.75) is 26.1 Å². The van der Waals surface area contributed by atoms with Gasteiger partial charge in [-0.15, -0.1) is 0 Å². The van der Waals surface area contributed by atoms with Crippen LogP contribution in [0.5, 0.6) is 0 Å². The van der Waals surface area contributed by atoms with E-state index in [9.17, 15) is 14.9 Å². The Labute approximate surface area is 140 Å². The highest BCUT2D eigenvalue weighted by atomic mass is 16.6. The highest BCUT2D eigenvalue weighted by Crippen LogP contribution is 2.43. The summed E-state index contributed by atoms with van der Waals surface area (Å²) >= 11 is 0. The second kappa shape index (κ2) is 6.53. The van der Waals surface area contributed by atoms with Gasteiger partial charge >= 0.3 is 0 Å². The van der Waals surface area contributed by atoms with Crippen molar-refractivity contribution < 1.29 is 14.5 Å². The standard InChI is InChI=1S/C19H19NO4/c1-12-17(21)13(2)19(15-8-10-16(11-9-15)20(22)23)24-18(12)14-6-4-3-5-7-14/h3-13,18-19H,1-2H3. The first-order chi connectivity index (χ1) is 11.5. The van der Waals surface area contributed by atoms with E-state index in [-0.39, 0.29) is 29.4 Å². The number of carbonyl (C=O) groups excluding carboxylic acids is 1. The number of non-ortho nitro benzene ring substituents is 1. The maximum absolute atomic E-state index is 12.7. The second-order valence-electron chi connectivity index (χ2n) is 6.22. The van der Waals surface area contributed by atoms with Gasteiger partial charge in [0.2, 0.25) is 0 Å². The van der Waals surface area contributed by atoms with Gasteiger partial charge in [0, 0.05) is 24.0 Å². The van der Waals surface area contributed by atoms with E-state index in [4.69, 9.17) is 4.74 Å². The molecule has 1 aliphatic rings. The monoisotopic (exact) mass is 325 g/mol. The Morgan fingerprint density at radius 2 is 1.38 bits per heavy atom. The fourth-order valence-corrected chi connectivity index (χ4v) is 3.27. The molecule has 5 nitrogen and oxygen atoms in total. The molecule has 124 valence electrons. The number of nitrogens with zero attached hydrogens (tertiary/aromatic N) is 1. The zero-order valence-corrected chi connectivity index (χ0v) is 13.6. The van der Waals surface area contributed by atoms with E-state index in [1.165, 1.54) is 12.1 Å². The van der Waals surface area contributed by atoms with Gasteiger partial charge < -0.3 is 4.74 Å². The number of hydrogen-bond donors (Lipinski definition) is 0. The zero-order valence-electron chi connectivity index (χ0n) is 13.6. The Kier molecular flexibility index (Phi) is 4.44. The largest absolute Gasteiger partial charge is 0.364 e. The summed E-state index contributed by atoms with van der Waals surface area (Å²) < 4.78 is 6.26. The number of nitro benzene ring substituents is 1. The average molecular weight is 325 g/mol. The molecular weight excluding hydrogens is 306 g/mol. The van der Waals surface area contributed by atoms with Gasteiger partial charge in [-0.1, -0.05) is 44.2 Å². The molecule has 0 saturated carbocycles. The predicted octanol–water partition coefficient (Wildman–Crippen LogP) is 4.25. The van der Waals surface area contributed by atoms with Crippen LogP contribution in [0.2, 0.25) is 0 Å². The molecule has 0 bridgehead atoms. The summed E-state index contributed by atoms with van der Waals surface area (Å²) in [7, 11) is 0. The van der Waals surface area contributed by atoms with Crippen LogP contribution in [0.15, 0.2) is 54.6 Å². The van der Waals surface area contributed by atoms with Crippen molar-refractivity contribution in [2.24, 2.45) is 11.8 Å². The maximum atomic E-state index is 12.7. The lowest BCUT2D eigenvalue weighted by Crippen LogP contribution is -2.37. The van der Waals surface area contributed by atoms with Crippen LogP contribution in [0.4, 0.5) is 5.69 Å². The van der Waals surface area contributed by atoms with Crippen LogP contribution >= 0.6 is 0 Å². The van der Waals surface area contributed by atoms with Crippen LogP contribution < -0.4 is 0 Å². The second-order valence-corrected chi connectivity index (χ2v) is 6.22. The molecule has 4 atom stereocenters. The first-order valence-electron chi connectivity index (χ1n) is 7.97. The highest BCUT2D eigenvalue weighted by molar-refractivity contribution is 5.85. The lowest BCUT2D eigenvalue weighted by Gasteiger charge is -2.38. The van der Waals surface area contributed by atoms with E-state index in [0.29, 0.717) is 0 Å². The van der Waals surface area contributed by atoms with Gasteiger partial charge in [0.25, 0.3) is 5.69 Å². The summed E-state index contributed by atoms with van der Waals surface area (Å²) in [6, 6.07) is 15.9. The number of benzene rings is 2. The maximum Gasteiger partial charge on any atom is 0.269 e. The minimum absolute atomic E-state index is 0.0292. The minimum Gasteiger partial charge on any atom is -0.364 e. The Hall–Kier alpha value is -2.53. The van der Waals surface area contributed by atoms with E-state index < -0.39 is 11.0 Å². The number of nitro groups is 1. The van der Waals surface area contributed by atoms with Gasteiger partial charge in [0.15, 0.2) is 0 Å². The molecular formula is C19H19NO4. The third kappa shape index (κ3) is 2.95. The predicted molar refractivity (Wildman–Crippen MR) is 89.4 cm³/mol. The van der Waals surface area contributed by atoms with Crippen LogP contribution in [-0.4, -0.2) is 10.7 Å². The average Bonchev–Trinajstić information content (AvgIpc) is 2.61. The van der Waals surface area contributed by atoms with Crippen molar-refractivity contribution in [1.29, 1.82) is 0 Å². The Morgan fingerprint density at radius 1 is 0.875 bits per heavy atom. The molecule has 3 rings (SSSR count). The molecule has 2 aromatic rings. The normalized spacial score (nSPS) is 27.0. The molecule has 1 saturated heterocycles. The molecule has 0 N–H and O–H groups in total. The zero-order chi connectivity index (χ0) is 17.3. The Bertz CT molecular complexity index is 742. The first kappa shape index (κ1) is 16.3. The molecule has 0 aromatic heterocycles. The lowest BCUT2D eigenvalue weighted by molar-refractivity contribution is -0.384. The Balaban J connectivity index is 1.92. The van der Waals surface area contributed by atoms with E-state index in [1.807, 2.05) is 44.2 Å². The van der Waals surface area contributed by atoms with Crippen molar-refractivity contribution in [1.82, 2.24) is 0 Å². The summed E-state index contributed by atoms with van der Waals surface area (Å²) in [6.07, 6.45) is -0.713. The minimum atomic E-state index is -0.436. The summed E-state index contributed by atoms with van der Waals surface area (Å²) in [5.74, 6) is -0.364. The number of ether oxygens (including phenoxy) is 1. The molecule has 1 fully saturated rings. The first-order valence-corrected chi connectivity index (χ1v) is 7.97. The van der Waals surface area contributed by atoms with E-state index in [2.05, 4.69) is 0 Å². The van der Waals surface area contributed by atoms with Gasteiger partial charge in [0.1, 0.15) is 5.78 Å². The van der Waals surface area contributed by atoms with Crippen LogP contribution in [0.25, 0.3) is 0 Å². The SMILES string of the molecule is CC1C(=O)C(C)C(c2ccc([N+](=O)[O-])cc2)OC1c1ccccc1. The molecule has 0 amide bonds. The molecule has 2 aromatic carbocycles. The number of carbonyl (C=O) groups is 1. The number of Topliss-reactive ketones (excluding diaryl/α,β-unsaturated/α-hetero) is 1. The van der Waals surface area contributed by atoms with Crippen molar-refractivity contribution in [3.63, 3.8) is 0 Å². The van der Waals surface area contributed by atoms with E-state index in [0.717, 1.165) is 11.1 Å². The molecule has 1 heterocycles. The molecule has 0 aliphatic carbocycles. The van der Waals surface area contributed by atoms with Crippen LogP contribution in [0, 0.1) is 22.0 Å². The number of rotatable bonds is 3.